The number of likely N-dealkylation sites (tertiary alicyclic amines) is 1. The molecular weight excluding hydrogens is 658 g/mol. The Kier molecular flexibility index (Phi) is 10.6. The quantitative estimate of drug-likeness (QED) is 0.223. The molecule has 16 heteroatoms. The van der Waals surface area contributed by atoms with Crippen molar-refractivity contribution in [2.24, 2.45) is 5.92 Å². The number of fused-ring (bicyclic) bond motifs is 1. The minimum Gasteiger partial charge on any atom is -0.471 e. The van der Waals surface area contributed by atoms with Crippen LogP contribution in [0.2, 0.25) is 10.0 Å². The van der Waals surface area contributed by atoms with Gasteiger partial charge in [-0.05, 0) is 75.4 Å². The monoisotopic (exact) mass is 690 g/mol. The lowest BCUT2D eigenvalue weighted by Crippen LogP contribution is -2.41. The summed E-state index contributed by atoms with van der Waals surface area (Å²) in [6, 6.07) is 4.02. The highest BCUT2D eigenvalue weighted by Crippen LogP contribution is 2.38. The van der Waals surface area contributed by atoms with Crippen LogP contribution in [-0.2, 0) is 17.8 Å². The van der Waals surface area contributed by atoms with Gasteiger partial charge in [0.2, 0.25) is 11.8 Å². The number of halogens is 7. The maximum atomic E-state index is 13.2. The number of aromatic nitrogens is 3. The molecule has 2 aliphatic rings. The fraction of sp³-hybridized carbons (Fsp3) is 0.533. The third kappa shape index (κ3) is 8.00. The molecule has 0 bridgehead atoms. The molecule has 2 fully saturated rings. The summed E-state index contributed by atoms with van der Waals surface area (Å²) in [4.78, 5) is 39.5. The van der Waals surface area contributed by atoms with Gasteiger partial charge < -0.3 is 20.4 Å². The van der Waals surface area contributed by atoms with Gasteiger partial charge in [0, 0.05) is 24.0 Å². The lowest BCUT2D eigenvalue weighted by atomic mass is 9.85. The second kappa shape index (κ2) is 14.3. The van der Waals surface area contributed by atoms with Gasteiger partial charge in [-0.15, -0.1) is 0 Å². The van der Waals surface area contributed by atoms with E-state index in [2.05, 4.69) is 25.6 Å². The zero-order chi connectivity index (χ0) is 33.2. The van der Waals surface area contributed by atoms with E-state index in [1.807, 2.05) is 11.9 Å². The molecule has 3 aromatic rings. The Morgan fingerprint density at radius 3 is 2.52 bits per heavy atom. The van der Waals surface area contributed by atoms with Crippen molar-refractivity contribution in [1.29, 1.82) is 0 Å². The molecule has 3 heterocycles. The van der Waals surface area contributed by atoms with Crippen LogP contribution in [0.25, 0.3) is 11.2 Å². The fourth-order valence-corrected chi connectivity index (χ4v) is 6.53. The number of hydrogen-bond acceptors (Lipinski definition) is 6. The van der Waals surface area contributed by atoms with Gasteiger partial charge >= 0.3 is 6.18 Å². The van der Waals surface area contributed by atoms with E-state index in [0.29, 0.717) is 32.5 Å². The summed E-state index contributed by atoms with van der Waals surface area (Å²) in [5.74, 6) is -2.26. The van der Waals surface area contributed by atoms with Crippen molar-refractivity contribution in [3.8, 4) is 5.88 Å². The van der Waals surface area contributed by atoms with Gasteiger partial charge in [-0.25, -0.2) is 13.8 Å². The van der Waals surface area contributed by atoms with Gasteiger partial charge in [-0.1, -0.05) is 29.3 Å². The molecular formula is C30H33Cl2F5N6O3. The molecule has 1 atom stereocenters. The number of likely N-dealkylation sites (N-methyl/N-ethyl adjacent to an activating group) is 1. The predicted octanol–water partition coefficient (Wildman–Crippen LogP) is 6.06. The molecule has 2 aromatic heterocycles. The summed E-state index contributed by atoms with van der Waals surface area (Å²) in [5, 5.41) is 6.31. The van der Waals surface area contributed by atoms with Crippen molar-refractivity contribution in [3.05, 3.63) is 50.8 Å². The van der Waals surface area contributed by atoms with Gasteiger partial charge in [-0.3, -0.25) is 14.5 Å². The minimum absolute atomic E-state index is 0.0813. The molecule has 250 valence electrons. The second-order valence-electron chi connectivity index (χ2n) is 11.7. The molecule has 5 rings (SSSR count). The number of benzene rings is 1. The van der Waals surface area contributed by atoms with E-state index in [9.17, 15) is 31.5 Å². The molecule has 0 unspecified atom stereocenters. The van der Waals surface area contributed by atoms with Crippen LogP contribution in [0.1, 0.15) is 65.8 Å². The van der Waals surface area contributed by atoms with Crippen molar-refractivity contribution in [2.75, 3.05) is 20.2 Å². The molecule has 2 amide bonds. The minimum atomic E-state index is -4.30. The first kappa shape index (κ1) is 34.1. The summed E-state index contributed by atoms with van der Waals surface area (Å²) in [6.07, 6.45) is -5.31. The fourth-order valence-electron chi connectivity index (χ4n) is 5.96. The van der Waals surface area contributed by atoms with Gasteiger partial charge in [0.25, 0.3) is 12.3 Å². The molecule has 1 aromatic carbocycles. The van der Waals surface area contributed by atoms with Crippen molar-refractivity contribution in [1.82, 2.24) is 30.5 Å². The number of carbonyl (C=O) groups is 2. The van der Waals surface area contributed by atoms with Crippen molar-refractivity contribution in [2.45, 2.75) is 76.2 Å². The average molecular weight is 692 g/mol. The van der Waals surface area contributed by atoms with Gasteiger partial charge in [0.15, 0.2) is 12.3 Å². The van der Waals surface area contributed by atoms with Gasteiger partial charge in [0.05, 0.1) is 22.5 Å². The van der Waals surface area contributed by atoms with Crippen LogP contribution in [0.4, 0.5) is 22.0 Å². The number of nitrogens with zero attached hydrogens (tertiary/aromatic N) is 3. The Hall–Kier alpha value is -3.23. The zero-order valence-corrected chi connectivity index (χ0v) is 26.3. The molecule has 1 aliphatic carbocycles. The summed E-state index contributed by atoms with van der Waals surface area (Å²) < 4.78 is 70.3. The van der Waals surface area contributed by atoms with E-state index < -0.39 is 37.1 Å². The maximum absolute atomic E-state index is 13.2. The first-order chi connectivity index (χ1) is 21.8. The number of carbonyl (C=O) groups excluding carboxylic acids is 2. The van der Waals surface area contributed by atoms with Crippen molar-refractivity contribution >= 4 is 46.2 Å². The Morgan fingerprint density at radius 1 is 1.13 bits per heavy atom. The largest absolute Gasteiger partial charge is 0.471 e. The number of alkyl halides is 5. The molecule has 9 nitrogen and oxygen atoms in total. The van der Waals surface area contributed by atoms with E-state index in [1.54, 1.807) is 12.1 Å². The van der Waals surface area contributed by atoms with E-state index in [4.69, 9.17) is 27.9 Å². The maximum Gasteiger partial charge on any atom is 0.391 e. The zero-order valence-electron chi connectivity index (χ0n) is 24.8. The number of imidazole rings is 1. The summed E-state index contributed by atoms with van der Waals surface area (Å²) in [7, 11) is 1.91. The molecule has 3 N–H and O–H groups in total. The van der Waals surface area contributed by atoms with Crippen LogP contribution >= 0.6 is 23.2 Å². The number of aromatic amines is 1. The molecule has 1 aliphatic heterocycles. The third-order valence-corrected chi connectivity index (χ3v) is 9.31. The summed E-state index contributed by atoms with van der Waals surface area (Å²) in [6.45, 7) is 0.0158. The number of pyridine rings is 1. The van der Waals surface area contributed by atoms with E-state index in [-0.39, 0.29) is 67.7 Å². The highest BCUT2D eigenvalue weighted by molar-refractivity contribution is 6.36. The molecule has 0 spiro atoms. The van der Waals surface area contributed by atoms with E-state index in [0.717, 1.165) is 19.4 Å². The highest BCUT2D eigenvalue weighted by Gasteiger charge is 2.41. The van der Waals surface area contributed by atoms with Crippen LogP contribution < -0.4 is 15.4 Å². The molecule has 0 radical (unpaired) electrons. The van der Waals surface area contributed by atoms with Crippen LogP contribution in [0, 0.1) is 5.92 Å². The lowest BCUT2D eigenvalue weighted by Gasteiger charge is -2.30. The standard InChI is InChI=1S/C30H33Cl2F5N6O3/c1-43-10-2-3-22(43)28(45)38-13-15-4-9-20(31)18(25(15)32)12-24-40-21-11-19(29(42-26(21)41-24)46-14-23(33)34)27(44)39-17-7-5-16(6-8-17)30(35,36)37/h4,9,11,16-17,22-23H,2-3,5-8,10,12-14H2,1H3,(H,38,45)(H,39,44)(H,40,41,42)/t16?,17?,22-/m0/s1. The first-order valence-electron chi connectivity index (χ1n) is 14.9. The van der Waals surface area contributed by atoms with E-state index >= 15 is 0 Å². The van der Waals surface area contributed by atoms with E-state index in [1.165, 1.54) is 6.07 Å². The summed E-state index contributed by atoms with van der Waals surface area (Å²) in [5.41, 5.74) is 1.38. The number of nitrogens with one attached hydrogen (secondary N) is 3. The second-order valence-corrected chi connectivity index (χ2v) is 12.5. The topological polar surface area (TPSA) is 112 Å². The Balaban J connectivity index is 1.33. The van der Waals surface area contributed by atoms with Crippen LogP contribution in [0.3, 0.4) is 0 Å². The Bertz CT molecular complexity index is 1580. The third-order valence-electron chi connectivity index (χ3n) is 8.49. The van der Waals surface area contributed by atoms with Gasteiger partial charge in [0.1, 0.15) is 11.4 Å². The summed E-state index contributed by atoms with van der Waals surface area (Å²) >= 11 is 13.2. The Morgan fingerprint density at radius 2 is 1.87 bits per heavy atom. The molecule has 1 saturated heterocycles. The Labute approximate surface area is 271 Å². The predicted molar refractivity (Wildman–Crippen MR) is 161 cm³/mol. The highest BCUT2D eigenvalue weighted by atomic mass is 35.5. The van der Waals surface area contributed by atoms with Crippen molar-refractivity contribution < 1.29 is 36.3 Å². The number of rotatable bonds is 10. The normalized spacial score (nSPS) is 20.8. The van der Waals surface area contributed by atoms with Crippen LogP contribution in [-0.4, -0.2) is 76.6 Å². The average Bonchev–Trinajstić information content (AvgIpc) is 3.61. The van der Waals surface area contributed by atoms with Gasteiger partial charge in [-0.2, -0.15) is 18.2 Å². The first-order valence-corrected chi connectivity index (χ1v) is 15.7. The lowest BCUT2D eigenvalue weighted by molar-refractivity contribution is -0.182. The van der Waals surface area contributed by atoms with Crippen LogP contribution in [0.5, 0.6) is 5.88 Å². The number of hydrogen-bond donors (Lipinski definition) is 3. The SMILES string of the molecule is CN1CCC[C@H]1C(=O)NCc1ccc(Cl)c(Cc2nc3nc(OCC(F)F)c(C(=O)NC4CCC(C(F)(F)F)CC4)cc3[nH]2)c1Cl. The smallest absolute Gasteiger partial charge is 0.391 e. The number of ether oxygens (including phenoxy) is 1. The number of amides is 2. The molecule has 1 saturated carbocycles. The van der Waals surface area contributed by atoms with Crippen molar-refractivity contribution in [3.63, 3.8) is 0 Å². The van der Waals surface area contributed by atoms with Crippen LogP contribution in [0.15, 0.2) is 18.2 Å². The number of H-pyrrole nitrogens is 1. The molecule has 46 heavy (non-hydrogen) atoms.